The number of carbonyl (C=O) groups is 1. The number of phenols is 4. The number of aromatic hydroxyl groups is 4. The Labute approximate surface area is 216 Å². The Morgan fingerprint density at radius 1 is 0.889 bits per heavy atom. The van der Waals surface area contributed by atoms with Gasteiger partial charge in [0.1, 0.15) is 39.1 Å². The molecule has 6 rings (SSSR count). The normalized spacial score (nSPS) is 22.7. The minimum absolute atomic E-state index is 0.0334. The third-order valence-electron chi connectivity index (χ3n) is 7.61. The summed E-state index contributed by atoms with van der Waals surface area (Å²) >= 11 is 12.5. The second-order valence-corrected chi connectivity index (χ2v) is 11.1. The van der Waals surface area contributed by atoms with Crippen molar-refractivity contribution in [2.45, 2.75) is 51.4 Å². The predicted octanol–water partition coefficient (Wildman–Crippen LogP) is 5.77. The summed E-state index contributed by atoms with van der Waals surface area (Å²) in [7, 11) is 0. The maximum atomic E-state index is 13.8. The molecule has 0 unspecified atom stereocenters. The van der Waals surface area contributed by atoms with Crippen LogP contribution in [-0.2, 0) is 16.6 Å². The highest BCUT2D eigenvalue weighted by Gasteiger charge is 2.50. The van der Waals surface area contributed by atoms with Gasteiger partial charge in [-0.1, -0.05) is 43.1 Å². The summed E-state index contributed by atoms with van der Waals surface area (Å²) in [4.78, 5) is 13.8. The third kappa shape index (κ3) is 2.76. The topological polar surface area (TPSA) is 116 Å². The number of rotatable bonds is 0. The van der Waals surface area contributed by atoms with Gasteiger partial charge in [0.15, 0.2) is 5.75 Å². The Kier molecular flexibility index (Phi) is 4.53. The van der Waals surface area contributed by atoms with E-state index in [1.54, 1.807) is 13.8 Å². The molecule has 2 bridgehead atoms. The molecule has 2 atom stereocenters. The van der Waals surface area contributed by atoms with Crippen molar-refractivity contribution in [2.24, 2.45) is 0 Å². The Bertz CT molecular complexity index is 1560. The molecule has 0 fully saturated rings. The van der Waals surface area contributed by atoms with Gasteiger partial charge in [0.2, 0.25) is 11.6 Å². The standard InChI is InChI=1S/C27H22Cl2O7/c1-9-5-13(30)20(29)25-15(9)24-16-10(8-27(4,35-24)36-25)6-11-17(21(16)32)22(33)18-12(26(11,2)3)7-14(31)19(28)23(18)34/h5-7,24,30-32,34H,8H2,1-4H3/t24-,27+/m0/s1. The smallest absolute Gasteiger partial charge is 0.212 e. The van der Waals surface area contributed by atoms with E-state index in [1.165, 1.54) is 12.1 Å². The highest BCUT2D eigenvalue weighted by atomic mass is 35.5. The molecule has 2 aliphatic heterocycles. The Morgan fingerprint density at radius 2 is 1.50 bits per heavy atom. The number of halogens is 2. The molecule has 0 aromatic heterocycles. The van der Waals surface area contributed by atoms with Gasteiger partial charge in [0, 0.05) is 29.9 Å². The fourth-order valence-corrected chi connectivity index (χ4v) is 6.23. The lowest BCUT2D eigenvalue weighted by Gasteiger charge is -2.46. The molecule has 2 heterocycles. The van der Waals surface area contributed by atoms with Crippen LogP contribution in [0, 0.1) is 6.92 Å². The van der Waals surface area contributed by atoms with Crippen LogP contribution in [0.5, 0.6) is 28.7 Å². The number of benzene rings is 3. The molecule has 3 aromatic rings. The van der Waals surface area contributed by atoms with Crippen molar-refractivity contribution in [2.75, 3.05) is 0 Å². The molecule has 0 saturated carbocycles. The molecule has 186 valence electrons. The minimum Gasteiger partial charge on any atom is -0.507 e. The number of carbonyl (C=O) groups excluding carboxylic acids is 1. The zero-order valence-corrected chi connectivity index (χ0v) is 21.3. The van der Waals surface area contributed by atoms with E-state index in [4.69, 9.17) is 32.7 Å². The van der Waals surface area contributed by atoms with E-state index in [0.29, 0.717) is 27.8 Å². The summed E-state index contributed by atoms with van der Waals surface area (Å²) < 4.78 is 12.4. The molecular weight excluding hydrogens is 507 g/mol. The van der Waals surface area contributed by atoms with E-state index in [2.05, 4.69) is 0 Å². The zero-order chi connectivity index (χ0) is 26.1. The fourth-order valence-electron chi connectivity index (χ4n) is 5.88. The van der Waals surface area contributed by atoms with Gasteiger partial charge in [-0.3, -0.25) is 4.79 Å². The largest absolute Gasteiger partial charge is 0.507 e. The number of aryl methyl sites for hydroxylation is 1. The summed E-state index contributed by atoms with van der Waals surface area (Å²) in [5, 5.41) is 42.6. The van der Waals surface area contributed by atoms with Crippen LogP contribution in [0.2, 0.25) is 10.0 Å². The number of fused-ring (bicyclic) bond motifs is 8. The van der Waals surface area contributed by atoms with Crippen molar-refractivity contribution in [3.8, 4) is 28.7 Å². The number of hydrogen-bond acceptors (Lipinski definition) is 7. The van der Waals surface area contributed by atoms with Gasteiger partial charge in [-0.05, 0) is 41.3 Å². The average molecular weight is 529 g/mol. The summed E-state index contributed by atoms with van der Waals surface area (Å²) in [6, 6.07) is 4.73. The molecule has 0 spiro atoms. The van der Waals surface area contributed by atoms with Gasteiger partial charge < -0.3 is 29.9 Å². The average Bonchev–Trinajstić information content (AvgIpc) is 2.78. The minimum atomic E-state index is -1.14. The number of ketones is 1. The highest BCUT2D eigenvalue weighted by molar-refractivity contribution is 6.35. The lowest BCUT2D eigenvalue weighted by Crippen LogP contribution is -2.47. The van der Waals surface area contributed by atoms with Crippen LogP contribution in [-0.4, -0.2) is 32.0 Å². The fraction of sp³-hybridized carbons (Fsp3) is 0.296. The SMILES string of the molecule is Cc1cc(O)c(Cl)c2c1[C@@H]1O[C@@](C)(Cc3cc4c(c(O)c31)C(=O)c1c(cc(O)c(Cl)c1O)C4(C)C)O2. The van der Waals surface area contributed by atoms with E-state index in [0.717, 1.165) is 5.56 Å². The Balaban J connectivity index is 1.67. The van der Waals surface area contributed by atoms with E-state index < -0.39 is 28.8 Å². The zero-order valence-electron chi connectivity index (χ0n) is 19.8. The van der Waals surface area contributed by atoms with E-state index >= 15 is 0 Å². The van der Waals surface area contributed by atoms with Crippen LogP contribution in [0.15, 0.2) is 18.2 Å². The molecule has 4 N–H and O–H groups in total. The summed E-state index contributed by atoms with van der Waals surface area (Å²) in [6.07, 6.45) is -0.585. The number of ether oxygens (including phenoxy) is 2. The van der Waals surface area contributed by atoms with Crippen molar-refractivity contribution in [1.82, 2.24) is 0 Å². The van der Waals surface area contributed by atoms with Gasteiger partial charge in [0.25, 0.3) is 0 Å². The van der Waals surface area contributed by atoms with E-state index in [-0.39, 0.29) is 50.6 Å². The molecule has 3 aromatic carbocycles. The number of phenolic OH excluding ortho intramolecular Hbond substituents is 4. The van der Waals surface area contributed by atoms with Gasteiger partial charge in [0.05, 0.1) is 11.1 Å². The van der Waals surface area contributed by atoms with E-state index in [9.17, 15) is 25.2 Å². The molecule has 0 radical (unpaired) electrons. The first-order valence-corrected chi connectivity index (χ1v) is 12.1. The van der Waals surface area contributed by atoms with Crippen molar-refractivity contribution >= 4 is 29.0 Å². The van der Waals surface area contributed by atoms with Gasteiger partial charge in [-0.15, -0.1) is 0 Å². The monoisotopic (exact) mass is 528 g/mol. The second kappa shape index (κ2) is 7.00. The predicted molar refractivity (Wildman–Crippen MR) is 132 cm³/mol. The van der Waals surface area contributed by atoms with Crippen molar-refractivity contribution in [1.29, 1.82) is 0 Å². The molecule has 0 amide bonds. The quantitative estimate of drug-likeness (QED) is 0.292. The lowest BCUT2D eigenvalue weighted by atomic mass is 9.66. The van der Waals surface area contributed by atoms with E-state index in [1.807, 2.05) is 19.9 Å². The van der Waals surface area contributed by atoms with Crippen LogP contribution in [0.1, 0.15) is 76.2 Å². The number of hydrogen-bond donors (Lipinski definition) is 4. The van der Waals surface area contributed by atoms with Gasteiger partial charge in [-0.2, -0.15) is 0 Å². The lowest BCUT2D eigenvalue weighted by molar-refractivity contribution is -0.216. The van der Waals surface area contributed by atoms with Crippen LogP contribution >= 0.6 is 23.2 Å². The Hall–Kier alpha value is -3.13. The van der Waals surface area contributed by atoms with Crippen LogP contribution in [0.25, 0.3) is 0 Å². The van der Waals surface area contributed by atoms with Crippen LogP contribution in [0.3, 0.4) is 0 Å². The molecule has 0 saturated heterocycles. The molecule has 3 aliphatic rings. The first-order valence-electron chi connectivity index (χ1n) is 11.3. The highest BCUT2D eigenvalue weighted by Crippen LogP contribution is 2.58. The second-order valence-electron chi connectivity index (χ2n) is 10.3. The maximum absolute atomic E-state index is 13.8. The molecular formula is C27H22Cl2O7. The van der Waals surface area contributed by atoms with Gasteiger partial charge in [-0.25, -0.2) is 0 Å². The summed E-state index contributed by atoms with van der Waals surface area (Å²) in [5.74, 6) is -2.75. The van der Waals surface area contributed by atoms with Crippen molar-refractivity contribution < 1.29 is 34.7 Å². The van der Waals surface area contributed by atoms with Crippen LogP contribution in [0.4, 0.5) is 0 Å². The van der Waals surface area contributed by atoms with Crippen molar-refractivity contribution in [3.63, 3.8) is 0 Å². The molecule has 9 heteroatoms. The van der Waals surface area contributed by atoms with Crippen LogP contribution < -0.4 is 4.74 Å². The Morgan fingerprint density at radius 3 is 2.19 bits per heavy atom. The summed E-state index contributed by atoms with van der Waals surface area (Å²) in [6.45, 7) is 7.21. The molecule has 1 aliphatic carbocycles. The first-order chi connectivity index (χ1) is 16.8. The van der Waals surface area contributed by atoms with Gasteiger partial charge >= 0.3 is 0 Å². The molecule has 36 heavy (non-hydrogen) atoms. The summed E-state index contributed by atoms with van der Waals surface area (Å²) in [5.41, 5.74) is 2.35. The molecule has 7 nitrogen and oxygen atoms in total. The first kappa shape index (κ1) is 23.3. The maximum Gasteiger partial charge on any atom is 0.212 e. The van der Waals surface area contributed by atoms with Crippen molar-refractivity contribution in [3.05, 3.63) is 72.8 Å². The third-order valence-corrected chi connectivity index (χ3v) is 8.35.